The molecule has 0 aliphatic carbocycles. The van der Waals surface area contributed by atoms with Gasteiger partial charge >= 0.3 is 0 Å². The van der Waals surface area contributed by atoms with E-state index in [0.29, 0.717) is 6.04 Å². The third kappa shape index (κ3) is 5.98. The van der Waals surface area contributed by atoms with Crippen LogP contribution in [0.25, 0.3) is 0 Å². The molecule has 0 saturated carbocycles. The van der Waals surface area contributed by atoms with Crippen molar-refractivity contribution in [3.05, 3.63) is 22.4 Å². The van der Waals surface area contributed by atoms with Gasteiger partial charge in [0.1, 0.15) is 0 Å². The van der Waals surface area contributed by atoms with Gasteiger partial charge < -0.3 is 10.2 Å². The maximum absolute atomic E-state index is 3.60. The molecule has 0 aromatic carbocycles. The Bertz CT molecular complexity index is 283. The first-order chi connectivity index (χ1) is 8.75. The molecule has 0 aliphatic rings. The summed E-state index contributed by atoms with van der Waals surface area (Å²) in [4.78, 5) is 3.76. The monoisotopic (exact) mass is 268 g/mol. The van der Waals surface area contributed by atoms with Crippen molar-refractivity contribution < 1.29 is 0 Å². The van der Waals surface area contributed by atoms with Gasteiger partial charge in [-0.25, -0.2) is 0 Å². The normalized spacial score (nSPS) is 13.1. The van der Waals surface area contributed by atoms with Crippen molar-refractivity contribution in [1.82, 2.24) is 10.2 Å². The molecule has 0 radical (unpaired) electrons. The molecule has 2 nitrogen and oxygen atoms in total. The highest BCUT2D eigenvalue weighted by molar-refractivity contribution is 7.10. The molecule has 0 fully saturated rings. The number of nitrogens with one attached hydrogen (secondary N) is 1. The van der Waals surface area contributed by atoms with Crippen molar-refractivity contribution in [1.29, 1.82) is 0 Å². The van der Waals surface area contributed by atoms with Crippen LogP contribution in [-0.2, 0) is 0 Å². The topological polar surface area (TPSA) is 15.3 Å². The smallest absolute Gasteiger partial charge is 0.0561 e. The summed E-state index contributed by atoms with van der Waals surface area (Å²) < 4.78 is 0. The first-order valence-corrected chi connectivity index (χ1v) is 8.04. The fraction of sp³-hybridized carbons (Fsp3) is 0.733. The van der Waals surface area contributed by atoms with E-state index in [2.05, 4.69) is 48.7 Å². The van der Waals surface area contributed by atoms with E-state index >= 15 is 0 Å². The minimum atomic E-state index is 0.514. The van der Waals surface area contributed by atoms with Gasteiger partial charge in [-0.2, -0.15) is 0 Å². The molecule has 1 atom stereocenters. The largest absolute Gasteiger partial charge is 0.315 e. The Hall–Kier alpha value is -0.380. The fourth-order valence-electron chi connectivity index (χ4n) is 2.11. The molecule has 1 rings (SSSR count). The standard InChI is InChI=1S/C15H28N2S/c1-4-5-6-7-8-11-16-13-14(17(2)3)15-10-9-12-18-15/h9-10,12,14,16H,4-8,11,13H2,1-3H3. The summed E-state index contributed by atoms with van der Waals surface area (Å²) in [7, 11) is 4.32. The van der Waals surface area contributed by atoms with Crippen LogP contribution in [0.3, 0.4) is 0 Å². The van der Waals surface area contributed by atoms with E-state index < -0.39 is 0 Å². The highest BCUT2D eigenvalue weighted by Gasteiger charge is 2.13. The molecule has 1 heterocycles. The van der Waals surface area contributed by atoms with Gasteiger partial charge in [-0.1, -0.05) is 38.7 Å². The lowest BCUT2D eigenvalue weighted by Gasteiger charge is -2.23. The molecule has 1 aromatic heterocycles. The summed E-state index contributed by atoms with van der Waals surface area (Å²) in [6, 6.07) is 4.89. The third-order valence-corrected chi connectivity index (χ3v) is 4.26. The van der Waals surface area contributed by atoms with E-state index in [1.165, 1.54) is 37.0 Å². The Morgan fingerprint density at radius 2 is 2.00 bits per heavy atom. The van der Waals surface area contributed by atoms with Crippen LogP contribution in [0.2, 0.25) is 0 Å². The predicted octanol–water partition coefficient (Wildman–Crippen LogP) is 3.91. The lowest BCUT2D eigenvalue weighted by atomic mass is 10.1. The van der Waals surface area contributed by atoms with Crippen molar-refractivity contribution in [2.75, 3.05) is 27.2 Å². The van der Waals surface area contributed by atoms with Gasteiger partial charge in [0, 0.05) is 11.4 Å². The van der Waals surface area contributed by atoms with Gasteiger partial charge in [-0.3, -0.25) is 0 Å². The first-order valence-electron chi connectivity index (χ1n) is 7.16. The molecule has 0 saturated heterocycles. The van der Waals surface area contributed by atoms with Crippen molar-refractivity contribution >= 4 is 11.3 Å². The van der Waals surface area contributed by atoms with Crippen molar-refractivity contribution in [2.45, 2.75) is 45.1 Å². The molecule has 3 heteroatoms. The number of thiophene rings is 1. The van der Waals surface area contributed by atoms with Gasteiger partial charge in [0.15, 0.2) is 0 Å². The van der Waals surface area contributed by atoms with Gasteiger partial charge in [0.25, 0.3) is 0 Å². The summed E-state index contributed by atoms with van der Waals surface area (Å²) >= 11 is 1.85. The number of likely N-dealkylation sites (N-methyl/N-ethyl adjacent to an activating group) is 1. The number of hydrogen-bond donors (Lipinski definition) is 1. The average molecular weight is 268 g/mol. The fourth-order valence-corrected chi connectivity index (χ4v) is 3.03. The van der Waals surface area contributed by atoms with Crippen LogP contribution in [-0.4, -0.2) is 32.1 Å². The molecule has 104 valence electrons. The average Bonchev–Trinajstić information content (AvgIpc) is 2.85. The lowest BCUT2D eigenvalue weighted by Crippen LogP contribution is -2.31. The van der Waals surface area contributed by atoms with Gasteiger partial charge in [-0.05, 0) is 38.5 Å². The second-order valence-corrected chi connectivity index (χ2v) is 6.09. The number of hydrogen-bond acceptors (Lipinski definition) is 3. The Kier molecular flexibility index (Phi) is 8.31. The summed E-state index contributed by atoms with van der Waals surface area (Å²) in [5, 5.41) is 5.76. The van der Waals surface area contributed by atoms with E-state index in [9.17, 15) is 0 Å². The van der Waals surface area contributed by atoms with Crippen LogP contribution in [0.4, 0.5) is 0 Å². The van der Waals surface area contributed by atoms with E-state index in [1.807, 2.05) is 11.3 Å². The maximum atomic E-state index is 3.60. The summed E-state index contributed by atoms with van der Waals surface area (Å²) in [6.45, 7) is 4.47. The van der Waals surface area contributed by atoms with Crippen molar-refractivity contribution in [2.24, 2.45) is 0 Å². The third-order valence-electron chi connectivity index (χ3n) is 3.29. The molecular weight excluding hydrogens is 240 g/mol. The molecular formula is C15H28N2S. The molecule has 0 bridgehead atoms. The van der Waals surface area contributed by atoms with Crippen molar-refractivity contribution in [3.8, 4) is 0 Å². The molecule has 1 aromatic rings. The number of rotatable bonds is 10. The number of unbranched alkanes of at least 4 members (excludes halogenated alkanes) is 4. The zero-order valence-corrected chi connectivity index (χ0v) is 12.9. The van der Waals surface area contributed by atoms with Gasteiger partial charge in [0.2, 0.25) is 0 Å². The van der Waals surface area contributed by atoms with Gasteiger partial charge in [0.05, 0.1) is 6.04 Å². The van der Waals surface area contributed by atoms with E-state index in [4.69, 9.17) is 0 Å². The molecule has 0 amide bonds. The Labute approximate surface area is 116 Å². The van der Waals surface area contributed by atoms with E-state index in [1.54, 1.807) is 0 Å². The molecule has 0 aliphatic heterocycles. The highest BCUT2D eigenvalue weighted by Crippen LogP contribution is 2.22. The highest BCUT2D eigenvalue weighted by atomic mass is 32.1. The minimum Gasteiger partial charge on any atom is -0.315 e. The Morgan fingerprint density at radius 3 is 2.61 bits per heavy atom. The second kappa shape index (κ2) is 9.54. The molecule has 1 unspecified atom stereocenters. The zero-order chi connectivity index (χ0) is 13.2. The van der Waals surface area contributed by atoms with E-state index in [-0.39, 0.29) is 0 Å². The van der Waals surface area contributed by atoms with Crippen LogP contribution >= 0.6 is 11.3 Å². The quantitative estimate of drug-likeness (QED) is 0.647. The molecule has 18 heavy (non-hydrogen) atoms. The first kappa shape index (κ1) is 15.7. The van der Waals surface area contributed by atoms with Crippen LogP contribution in [0.15, 0.2) is 17.5 Å². The summed E-state index contributed by atoms with van der Waals surface area (Å²) in [5.41, 5.74) is 0. The van der Waals surface area contributed by atoms with Gasteiger partial charge in [-0.15, -0.1) is 11.3 Å². The zero-order valence-electron chi connectivity index (χ0n) is 12.1. The minimum absolute atomic E-state index is 0.514. The Morgan fingerprint density at radius 1 is 1.22 bits per heavy atom. The van der Waals surface area contributed by atoms with Crippen LogP contribution in [0.1, 0.15) is 49.9 Å². The number of nitrogens with zero attached hydrogens (tertiary/aromatic N) is 1. The summed E-state index contributed by atoms with van der Waals surface area (Å²) in [5.74, 6) is 0. The maximum Gasteiger partial charge on any atom is 0.0561 e. The predicted molar refractivity (Wildman–Crippen MR) is 82.4 cm³/mol. The van der Waals surface area contributed by atoms with Crippen LogP contribution in [0, 0.1) is 0 Å². The van der Waals surface area contributed by atoms with Crippen LogP contribution in [0.5, 0.6) is 0 Å². The Balaban J connectivity index is 2.15. The lowest BCUT2D eigenvalue weighted by molar-refractivity contribution is 0.292. The summed E-state index contributed by atoms with van der Waals surface area (Å²) in [6.07, 6.45) is 6.78. The van der Waals surface area contributed by atoms with Crippen LogP contribution < -0.4 is 5.32 Å². The van der Waals surface area contributed by atoms with E-state index in [0.717, 1.165) is 13.1 Å². The SMILES string of the molecule is CCCCCCCNCC(c1cccs1)N(C)C. The molecule has 1 N–H and O–H groups in total. The second-order valence-electron chi connectivity index (χ2n) is 5.11. The molecule has 0 spiro atoms. The van der Waals surface area contributed by atoms with Crippen molar-refractivity contribution in [3.63, 3.8) is 0 Å².